The third-order valence-corrected chi connectivity index (χ3v) is 31.6. The van der Waals surface area contributed by atoms with Crippen LogP contribution in [0.5, 0.6) is 0 Å². The molecule has 127 heavy (non-hydrogen) atoms. The molecule has 0 N–H and O–H groups in total. The van der Waals surface area contributed by atoms with Crippen molar-refractivity contribution in [2.45, 2.75) is 227 Å². The van der Waals surface area contributed by atoms with Crippen LogP contribution in [0.15, 0.2) is 170 Å². The van der Waals surface area contributed by atoms with Gasteiger partial charge >= 0.3 is 0 Å². The Labute approximate surface area is 808 Å². The van der Waals surface area contributed by atoms with E-state index in [2.05, 4.69) is 345 Å². The van der Waals surface area contributed by atoms with Gasteiger partial charge < -0.3 is 103 Å². The fraction of sp³-hybridized carbons (Fsp3) is 0.622. The highest BCUT2D eigenvalue weighted by Crippen LogP contribution is 2.39. The molecular formula is C111H194Cl4N12+8. The zero-order valence-corrected chi connectivity index (χ0v) is 85.7. The Morgan fingerprint density at radius 3 is 0.835 bits per heavy atom. The number of hydrogen-bond donors (Lipinski definition) is 0. The van der Waals surface area contributed by atoms with Crippen LogP contribution >= 0.6 is 0 Å². The van der Waals surface area contributed by atoms with E-state index in [4.69, 9.17) is 0 Å². The molecule has 718 valence electrons. The van der Waals surface area contributed by atoms with Crippen molar-refractivity contribution in [1.82, 2.24) is 0 Å². The van der Waals surface area contributed by atoms with Gasteiger partial charge in [-0.05, 0) is 107 Å². The minimum Gasteiger partial charge on any atom is -1.00 e. The Balaban J connectivity index is 0.000000511. The highest BCUT2D eigenvalue weighted by Gasteiger charge is 2.58. The number of aryl methyl sites for hydroxylation is 6. The van der Waals surface area contributed by atoms with E-state index in [1.165, 1.54) is 277 Å². The summed E-state index contributed by atoms with van der Waals surface area (Å²) in [7, 11) is 32.6. The number of likely N-dealkylation sites (N-methyl/N-ethyl adjacent to an activating group) is 6. The number of nitrogens with zero attached hydrogens (tertiary/aromatic N) is 12. The molecule has 12 saturated heterocycles. The SMILES string of the molecule is C.C.C.C.CCc1ccc(C[N+](C)(C)CC[N+](C)(C)C)cc1.CCc1ccc(C[N+](C)(C)Cc2ccc(C[N+](C)(C)C)cc2)cc1.CCc1ccc(C[N+]23CC[N+](C)(CC2)C(C)C3)cc1.CCc1ccc(C[N+]23CC[N+](C)(CC2)C(C)C3C)cc1.CCc1ccc(C[N+]23CC[N+](C)(CC2)CC3)cc1.CCc1ccc(C[N+]23CC[N+](C)(CC2C)CC3C)cc1.[Cl-].[Cl-].[Cl-].[Cl-]. The third kappa shape index (κ3) is 32.8. The number of rotatable bonds is 25. The number of piperazine rings is 12. The molecule has 19 rings (SSSR count). The summed E-state index contributed by atoms with van der Waals surface area (Å²) < 4.78 is 14.6. The lowest BCUT2D eigenvalue weighted by Gasteiger charge is -2.61. The van der Waals surface area contributed by atoms with Gasteiger partial charge in [0.1, 0.15) is 220 Å². The van der Waals surface area contributed by atoms with Gasteiger partial charge in [-0.2, -0.15) is 0 Å². The molecule has 16 heteroatoms. The second-order valence-electron chi connectivity index (χ2n) is 44.4. The lowest BCUT2D eigenvalue weighted by atomic mass is 9.92. The van der Waals surface area contributed by atoms with Crippen molar-refractivity contribution in [3.05, 3.63) is 248 Å². The molecule has 8 bridgehead atoms. The molecule has 12 nitrogen and oxygen atoms in total. The molecular weight excluding hydrogens is 1640 g/mol. The molecule has 0 radical (unpaired) electrons. The van der Waals surface area contributed by atoms with Gasteiger partial charge in [-0.3, -0.25) is 0 Å². The van der Waals surface area contributed by atoms with Crippen LogP contribution in [0.3, 0.4) is 0 Å². The molecule has 12 heterocycles. The van der Waals surface area contributed by atoms with Crippen molar-refractivity contribution in [2.24, 2.45) is 0 Å². The fourth-order valence-electron chi connectivity index (χ4n) is 21.9. The number of fused-ring (bicyclic) bond motifs is 12. The topological polar surface area (TPSA) is 0 Å². The van der Waals surface area contributed by atoms with Gasteiger partial charge in [-0.25, -0.2) is 0 Å². The fourth-order valence-corrected chi connectivity index (χ4v) is 21.9. The van der Waals surface area contributed by atoms with Crippen LogP contribution in [0.1, 0.15) is 184 Å². The van der Waals surface area contributed by atoms with Crippen molar-refractivity contribution < 1.29 is 103 Å². The van der Waals surface area contributed by atoms with Crippen molar-refractivity contribution in [3.8, 4) is 0 Å². The quantitative estimate of drug-likeness (QED) is 0.0524. The monoisotopic (exact) mass is 1840 g/mol. The molecule has 5 atom stereocenters. The molecule has 0 aromatic heterocycles. The normalized spacial score (nSPS) is 27.3. The Kier molecular flexibility index (Phi) is 46.6. The van der Waals surface area contributed by atoms with E-state index in [9.17, 15) is 0 Å². The maximum atomic E-state index is 2.49. The van der Waals surface area contributed by atoms with Gasteiger partial charge in [0, 0.05) is 44.5 Å². The first-order valence-electron chi connectivity index (χ1n) is 47.6. The number of halogens is 4. The zero-order chi connectivity index (χ0) is 86.5. The van der Waals surface area contributed by atoms with Gasteiger partial charge in [0.15, 0.2) is 0 Å². The first-order valence-corrected chi connectivity index (χ1v) is 47.6. The highest BCUT2D eigenvalue weighted by molar-refractivity contribution is 5.27. The summed E-state index contributed by atoms with van der Waals surface area (Å²) in [5.41, 5.74) is 20.5. The minimum atomic E-state index is 0. The van der Waals surface area contributed by atoms with Crippen LogP contribution in [0.25, 0.3) is 0 Å². The minimum absolute atomic E-state index is 0. The molecule has 12 fully saturated rings. The zero-order valence-electron chi connectivity index (χ0n) is 82.7. The van der Waals surface area contributed by atoms with E-state index < -0.39 is 0 Å². The van der Waals surface area contributed by atoms with Crippen LogP contribution in [0, 0.1) is 0 Å². The lowest BCUT2D eigenvalue weighted by molar-refractivity contribution is -1.11. The Bertz CT molecular complexity index is 4200. The van der Waals surface area contributed by atoms with Crippen molar-refractivity contribution in [2.75, 3.05) is 236 Å². The number of hydrogen-bond acceptors (Lipinski definition) is 0. The Morgan fingerprint density at radius 1 is 0.244 bits per heavy atom. The molecule has 7 aromatic rings. The van der Waals surface area contributed by atoms with Crippen molar-refractivity contribution in [1.29, 1.82) is 0 Å². The van der Waals surface area contributed by atoms with Crippen LogP contribution in [-0.2, 0) is 90.9 Å². The summed E-state index contributed by atoms with van der Waals surface area (Å²) in [5, 5.41) is 0. The van der Waals surface area contributed by atoms with Gasteiger partial charge in [-0.15, -0.1) is 0 Å². The summed E-state index contributed by atoms with van der Waals surface area (Å²) in [6, 6.07) is 68.7. The summed E-state index contributed by atoms with van der Waals surface area (Å²) in [5.74, 6) is 0. The summed E-state index contributed by atoms with van der Waals surface area (Å²) in [4.78, 5) is 0. The maximum Gasteiger partial charge on any atom is 0.139 e. The molecule has 7 aromatic carbocycles. The summed E-state index contributed by atoms with van der Waals surface area (Å²) >= 11 is 0. The van der Waals surface area contributed by atoms with Crippen LogP contribution in [-0.4, -0.2) is 320 Å². The van der Waals surface area contributed by atoms with Gasteiger partial charge in [-0.1, -0.05) is 241 Å². The predicted molar refractivity (Wildman–Crippen MR) is 533 cm³/mol. The van der Waals surface area contributed by atoms with E-state index in [1.807, 2.05) is 0 Å². The first-order chi connectivity index (χ1) is 56.0. The largest absolute Gasteiger partial charge is 1.00 e. The predicted octanol–water partition coefficient (Wildman–Crippen LogP) is 7.42. The number of benzene rings is 7. The molecule has 0 saturated carbocycles. The standard InChI is InChI=1S/C22H34N2.2C18H30N2.C17H28N2.C16H26N2.C16H30N2.4CH4.4ClH/c1-7-19-8-10-21(11-9-19)17-24(5,6)18-22-14-12-20(13-15-22)16-23(2,3)4;1-5-17-6-8-18(9-7-17)14-20-12-10-19(4,11-13-20)15(2)16(20)3;1-5-17-6-8-18(9-7-17)14-20-11-10-19(4,12-15(20)2)13-16(20)3;1-4-16-5-7-17(8-6-16)14-19-11-9-18(3,10-12-19)15(2)13-19;1-3-15-4-6-16(7-5-15)14-18-11-8-17(2,9-12-18)10-13-18;1-7-15-8-10-16(11-9-15)14-18(5,6)13-12-17(2,3)4;;;;;;;;/h8-15H,7,16-18H2,1-6H3;2*6-9,15-16H,5,10-14H2,1-4H3;5-8,15H,4,9-14H2,1-3H3;4-7H,3,8-14H2,1-2H3;8-11H,7,12-14H2,1-6H3;4*1H4;4*1H/q6*+2;;;;;;;;/p-4. The maximum absolute atomic E-state index is 2.49. The lowest BCUT2D eigenvalue weighted by Crippen LogP contribution is -3.00. The van der Waals surface area contributed by atoms with Gasteiger partial charge in [0.2, 0.25) is 0 Å². The Morgan fingerprint density at radius 2 is 0.520 bits per heavy atom. The molecule has 12 aliphatic rings. The average molecular weight is 1840 g/mol. The smallest absolute Gasteiger partial charge is 0.139 e. The highest BCUT2D eigenvalue weighted by atomic mass is 35.5. The number of quaternary nitrogens is 12. The van der Waals surface area contributed by atoms with Crippen LogP contribution < -0.4 is 49.6 Å². The molecule has 0 amide bonds. The molecule has 12 aliphatic heterocycles. The van der Waals surface area contributed by atoms with E-state index in [1.54, 1.807) is 0 Å². The molecule has 0 spiro atoms. The molecule has 5 unspecified atom stereocenters. The summed E-state index contributed by atoms with van der Waals surface area (Å²) in [6.45, 7) is 63.4. The van der Waals surface area contributed by atoms with E-state index >= 15 is 0 Å². The van der Waals surface area contributed by atoms with Gasteiger partial charge in [0.05, 0.1) is 98.7 Å². The van der Waals surface area contributed by atoms with Crippen LogP contribution in [0.4, 0.5) is 0 Å². The van der Waals surface area contributed by atoms with Crippen molar-refractivity contribution >= 4 is 0 Å². The second-order valence-corrected chi connectivity index (χ2v) is 44.4. The van der Waals surface area contributed by atoms with E-state index in [-0.39, 0.29) is 79.3 Å². The van der Waals surface area contributed by atoms with Crippen LogP contribution in [0.2, 0.25) is 0 Å². The van der Waals surface area contributed by atoms with E-state index in [0.29, 0.717) is 0 Å². The van der Waals surface area contributed by atoms with Gasteiger partial charge in [0.25, 0.3) is 0 Å². The summed E-state index contributed by atoms with van der Waals surface area (Å²) in [6.07, 6.45) is 6.81. The van der Waals surface area contributed by atoms with Crippen molar-refractivity contribution in [3.63, 3.8) is 0 Å². The van der Waals surface area contributed by atoms with E-state index in [0.717, 1.165) is 113 Å². The third-order valence-electron chi connectivity index (χ3n) is 31.6. The average Bonchev–Trinajstić information content (AvgIpc) is 0.737. The molecule has 0 aliphatic carbocycles. The first kappa shape index (κ1) is 118. The Hall–Kier alpha value is -4.78. The second kappa shape index (κ2) is 50.0.